The average molecular weight is 490 g/mol. The van der Waals surface area contributed by atoms with Crippen molar-refractivity contribution >= 4 is 28.2 Å². The Labute approximate surface area is 191 Å². The second kappa shape index (κ2) is 8.66. The summed E-state index contributed by atoms with van der Waals surface area (Å²) >= 11 is 5.76. The van der Waals surface area contributed by atoms with Crippen LogP contribution in [0.25, 0.3) is 10.9 Å². The molecule has 2 aromatic rings. The maximum Gasteiger partial charge on any atom is 0.422 e. The topological polar surface area (TPSA) is 78.3 Å². The number of aliphatic hydroxyl groups is 2. The molecule has 5 nitrogen and oxygen atoms in total. The Bertz CT molecular complexity index is 1150. The van der Waals surface area contributed by atoms with Gasteiger partial charge in [0.1, 0.15) is 11.6 Å². The van der Waals surface area contributed by atoms with Crippen molar-refractivity contribution in [1.29, 1.82) is 0 Å². The molecule has 0 saturated heterocycles. The number of alkyl halides is 4. The van der Waals surface area contributed by atoms with E-state index >= 15 is 4.39 Å². The summed E-state index contributed by atoms with van der Waals surface area (Å²) in [5.74, 6) is -6.04. The number of anilines is 1. The van der Waals surface area contributed by atoms with Crippen LogP contribution in [0.2, 0.25) is 0 Å². The van der Waals surface area contributed by atoms with Crippen molar-refractivity contribution in [2.24, 2.45) is 5.92 Å². The van der Waals surface area contributed by atoms with Gasteiger partial charge >= 0.3 is 6.18 Å². The number of hydrogen-bond donors (Lipinski definition) is 3. The number of allylic oxidation sites excluding steroid dienone is 3. The Morgan fingerprint density at radius 1 is 1.30 bits per heavy atom. The van der Waals surface area contributed by atoms with Gasteiger partial charge in [-0.25, -0.2) is 18.7 Å². The zero-order valence-corrected chi connectivity index (χ0v) is 18.5. The van der Waals surface area contributed by atoms with Gasteiger partial charge in [0, 0.05) is 23.3 Å². The lowest BCUT2D eigenvalue weighted by atomic mass is 9.77. The molecule has 0 spiro atoms. The highest BCUT2D eigenvalue weighted by atomic mass is 35.5. The Hall–Kier alpha value is -2.56. The third kappa shape index (κ3) is 4.73. The minimum Gasteiger partial charge on any atom is -0.377 e. The van der Waals surface area contributed by atoms with E-state index < -0.39 is 40.4 Å². The number of rotatable bonds is 5. The van der Waals surface area contributed by atoms with E-state index in [9.17, 15) is 27.8 Å². The minimum atomic E-state index is -5.32. The number of fused-ring (bicyclic) bond motifs is 1. The molecule has 1 aliphatic carbocycles. The Balaban J connectivity index is 2.27. The van der Waals surface area contributed by atoms with Crippen molar-refractivity contribution in [2.75, 3.05) is 5.32 Å². The van der Waals surface area contributed by atoms with Gasteiger partial charge in [0.2, 0.25) is 0 Å². The van der Waals surface area contributed by atoms with E-state index in [-0.39, 0.29) is 28.0 Å². The van der Waals surface area contributed by atoms with E-state index in [1.165, 1.54) is 20.0 Å². The molecule has 0 amide bonds. The zero-order valence-electron chi connectivity index (χ0n) is 17.8. The third-order valence-electron chi connectivity index (χ3n) is 5.23. The fourth-order valence-corrected chi connectivity index (χ4v) is 3.94. The molecule has 33 heavy (non-hydrogen) atoms. The van der Waals surface area contributed by atoms with Crippen LogP contribution in [0, 0.1) is 18.7 Å². The molecule has 4 unspecified atom stereocenters. The summed E-state index contributed by atoms with van der Waals surface area (Å²) in [7, 11) is 0. The summed E-state index contributed by atoms with van der Waals surface area (Å²) in [6.07, 6.45) is -0.475. The second-order valence-electron chi connectivity index (χ2n) is 8.07. The molecule has 0 bridgehead atoms. The molecule has 0 fully saturated rings. The largest absolute Gasteiger partial charge is 0.422 e. The molecular formula is C22H21ClF5N3O2. The standard InChI is InChI=1S/C22H21ClF5N3O2/c1-11(2)9-20(32,22(26,27)28)19(15-5-4-6-18(23)21(15,25)33)31-17-8-13(24)7-16-14(17)10-29-12(3)30-16/h4-10,15,19,31-33H,1-3H3. The Morgan fingerprint density at radius 2 is 1.97 bits per heavy atom. The van der Waals surface area contributed by atoms with E-state index in [1.54, 1.807) is 6.92 Å². The first kappa shape index (κ1) is 25.1. The normalized spacial score (nSPS) is 23.6. The lowest BCUT2D eigenvalue weighted by molar-refractivity contribution is -0.254. The number of aryl methyl sites for hydroxylation is 1. The summed E-state index contributed by atoms with van der Waals surface area (Å²) in [5, 5.41) is 23.1. The number of hydrogen-bond acceptors (Lipinski definition) is 5. The number of nitrogens with zero attached hydrogens (tertiary/aromatic N) is 2. The van der Waals surface area contributed by atoms with Crippen LogP contribution in [0.4, 0.5) is 27.6 Å². The van der Waals surface area contributed by atoms with Crippen LogP contribution in [0.15, 0.2) is 53.2 Å². The van der Waals surface area contributed by atoms with Crippen molar-refractivity contribution in [2.45, 2.75) is 44.4 Å². The van der Waals surface area contributed by atoms with Gasteiger partial charge in [-0.3, -0.25) is 0 Å². The molecule has 0 radical (unpaired) electrons. The summed E-state index contributed by atoms with van der Waals surface area (Å²) < 4.78 is 72.3. The SMILES string of the molecule is CC(C)=CC(O)(C(Nc1cc(F)cc2nc(C)ncc12)C1C=CC=C(Cl)C1(O)F)C(F)(F)F. The molecular weight excluding hydrogens is 469 g/mol. The van der Waals surface area contributed by atoms with Gasteiger partial charge in [0.25, 0.3) is 5.85 Å². The maximum absolute atomic E-state index is 15.3. The molecule has 1 aromatic carbocycles. The highest BCUT2D eigenvalue weighted by Gasteiger charge is 2.62. The zero-order chi connectivity index (χ0) is 24.8. The predicted molar refractivity (Wildman–Crippen MR) is 115 cm³/mol. The van der Waals surface area contributed by atoms with Crippen molar-refractivity contribution in [1.82, 2.24) is 9.97 Å². The van der Waals surface area contributed by atoms with Crippen LogP contribution in [0.3, 0.4) is 0 Å². The molecule has 178 valence electrons. The highest BCUT2D eigenvalue weighted by Crippen LogP contribution is 2.46. The van der Waals surface area contributed by atoms with E-state index in [1.807, 2.05) is 0 Å². The molecule has 1 aliphatic rings. The third-order valence-corrected chi connectivity index (χ3v) is 5.62. The van der Waals surface area contributed by atoms with Gasteiger partial charge in [0.15, 0.2) is 5.60 Å². The minimum absolute atomic E-state index is 0.0634. The molecule has 0 saturated carbocycles. The lowest BCUT2D eigenvalue weighted by Gasteiger charge is -2.44. The van der Waals surface area contributed by atoms with E-state index in [0.29, 0.717) is 6.08 Å². The first-order chi connectivity index (χ1) is 15.2. The monoisotopic (exact) mass is 489 g/mol. The van der Waals surface area contributed by atoms with Crippen LogP contribution >= 0.6 is 11.6 Å². The van der Waals surface area contributed by atoms with Gasteiger partial charge in [-0.2, -0.15) is 13.2 Å². The Kier molecular flexibility index (Phi) is 6.58. The van der Waals surface area contributed by atoms with Crippen molar-refractivity contribution in [3.05, 3.63) is 64.9 Å². The molecule has 4 atom stereocenters. The van der Waals surface area contributed by atoms with Gasteiger partial charge in [-0.1, -0.05) is 29.3 Å². The molecule has 1 aromatic heterocycles. The Morgan fingerprint density at radius 3 is 2.58 bits per heavy atom. The fraction of sp³-hybridized carbons (Fsp3) is 0.364. The predicted octanol–water partition coefficient (Wildman–Crippen LogP) is 5.08. The molecule has 1 heterocycles. The van der Waals surface area contributed by atoms with Crippen molar-refractivity contribution < 1.29 is 32.2 Å². The van der Waals surface area contributed by atoms with Crippen LogP contribution < -0.4 is 5.32 Å². The van der Waals surface area contributed by atoms with Crippen LogP contribution in [-0.2, 0) is 0 Å². The van der Waals surface area contributed by atoms with Crippen molar-refractivity contribution in [3.8, 4) is 0 Å². The fourth-order valence-electron chi connectivity index (χ4n) is 3.74. The summed E-state index contributed by atoms with van der Waals surface area (Å²) in [6.45, 7) is 4.17. The van der Waals surface area contributed by atoms with Gasteiger partial charge < -0.3 is 15.5 Å². The summed E-state index contributed by atoms with van der Waals surface area (Å²) in [6, 6.07) is -0.358. The number of aromatic nitrogens is 2. The lowest BCUT2D eigenvalue weighted by Crippen LogP contribution is -2.62. The number of nitrogens with one attached hydrogen (secondary N) is 1. The molecule has 11 heteroatoms. The average Bonchev–Trinajstić information content (AvgIpc) is 2.66. The summed E-state index contributed by atoms with van der Waals surface area (Å²) in [4.78, 5) is 8.04. The van der Waals surface area contributed by atoms with Crippen molar-refractivity contribution in [3.63, 3.8) is 0 Å². The second-order valence-corrected chi connectivity index (χ2v) is 8.48. The first-order valence-electron chi connectivity index (χ1n) is 9.77. The highest BCUT2D eigenvalue weighted by molar-refractivity contribution is 6.30. The number of halogens is 6. The smallest absolute Gasteiger partial charge is 0.377 e. The van der Waals surface area contributed by atoms with E-state index in [0.717, 1.165) is 30.4 Å². The van der Waals surface area contributed by atoms with Crippen LogP contribution in [0.1, 0.15) is 19.7 Å². The molecule has 3 N–H and O–H groups in total. The van der Waals surface area contributed by atoms with Gasteiger partial charge in [-0.15, -0.1) is 0 Å². The number of benzene rings is 1. The summed E-state index contributed by atoms with van der Waals surface area (Å²) in [5.41, 5.74) is -3.79. The van der Waals surface area contributed by atoms with Crippen LogP contribution in [0.5, 0.6) is 0 Å². The van der Waals surface area contributed by atoms with E-state index in [4.69, 9.17) is 11.6 Å². The van der Waals surface area contributed by atoms with Gasteiger partial charge in [-0.05, 0) is 39.0 Å². The molecule has 0 aliphatic heterocycles. The molecule has 3 rings (SSSR count). The maximum atomic E-state index is 15.3. The van der Waals surface area contributed by atoms with E-state index in [2.05, 4.69) is 15.3 Å². The van der Waals surface area contributed by atoms with Crippen LogP contribution in [-0.4, -0.2) is 43.9 Å². The quantitative estimate of drug-likeness (QED) is 0.403. The first-order valence-corrected chi connectivity index (χ1v) is 10.1. The van der Waals surface area contributed by atoms with Gasteiger partial charge in [0.05, 0.1) is 22.5 Å².